The fourth-order valence-corrected chi connectivity index (χ4v) is 1.75. The van der Waals surface area contributed by atoms with Crippen molar-refractivity contribution in [2.45, 2.75) is 32.2 Å². The van der Waals surface area contributed by atoms with E-state index in [-0.39, 0.29) is 5.54 Å². The molecule has 0 fully saturated rings. The van der Waals surface area contributed by atoms with Gasteiger partial charge < -0.3 is 11.5 Å². The predicted molar refractivity (Wildman–Crippen MR) is 52.4 cm³/mol. The van der Waals surface area contributed by atoms with Gasteiger partial charge >= 0.3 is 0 Å². The van der Waals surface area contributed by atoms with E-state index in [0.29, 0.717) is 5.92 Å². The SMILES string of the molecule is CCC1C=CC(N)=CC1(N)CC. The Hall–Kier alpha value is -0.760. The maximum atomic E-state index is 6.20. The summed E-state index contributed by atoms with van der Waals surface area (Å²) >= 11 is 0. The first-order chi connectivity index (χ1) is 5.62. The van der Waals surface area contributed by atoms with Gasteiger partial charge in [0.05, 0.1) is 0 Å². The third-order valence-corrected chi connectivity index (χ3v) is 2.70. The molecule has 0 heterocycles. The summed E-state index contributed by atoms with van der Waals surface area (Å²) in [6.07, 6.45) is 8.08. The summed E-state index contributed by atoms with van der Waals surface area (Å²) in [6, 6.07) is 0. The van der Waals surface area contributed by atoms with Crippen molar-refractivity contribution in [2.24, 2.45) is 17.4 Å². The maximum Gasteiger partial charge on any atom is 0.0422 e. The highest BCUT2D eigenvalue weighted by Crippen LogP contribution is 2.28. The summed E-state index contributed by atoms with van der Waals surface area (Å²) in [4.78, 5) is 0. The van der Waals surface area contributed by atoms with Crippen LogP contribution >= 0.6 is 0 Å². The molecular weight excluding hydrogens is 148 g/mol. The molecule has 1 rings (SSSR count). The molecule has 12 heavy (non-hydrogen) atoms. The molecule has 0 aromatic heterocycles. The fourth-order valence-electron chi connectivity index (χ4n) is 1.75. The standard InChI is InChI=1S/C10H18N2/c1-3-8-5-6-9(11)7-10(8,12)4-2/h5-8H,3-4,11-12H2,1-2H3. The molecule has 0 aromatic carbocycles. The summed E-state index contributed by atoms with van der Waals surface area (Å²) in [7, 11) is 0. The number of hydrogen-bond acceptors (Lipinski definition) is 2. The Balaban J connectivity index is 2.88. The van der Waals surface area contributed by atoms with Crippen LogP contribution in [0.4, 0.5) is 0 Å². The molecule has 0 bridgehead atoms. The molecule has 1 aliphatic rings. The summed E-state index contributed by atoms with van der Waals surface area (Å²) in [5.74, 6) is 0.440. The van der Waals surface area contributed by atoms with Gasteiger partial charge in [-0.05, 0) is 30.9 Å². The van der Waals surface area contributed by atoms with Crippen LogP contribution in [0.3, 0.4) is 0 Å². The highest BCUT2D eigenvalue weighted by molar-refractivity contribution is 5.29. The molecule has 0 amide bonds. The van der Waals surface area contributed by atoms with Crippen LogP contribution in [0.2, 0.25) is 0 Å². The van der Waals surface area contributed by atoms with Crippen LogP contribution in [0.1, 0.15) is 26.7 Å². The van der Waals surface area contributed by atoms with E-state index in [4.69, 9.17) is 11.5 Å². The lowest BCUT2D eigenvalue weighted by Crippen LogP contribution is -2.45. The van der Waals surface area contributed by atoms with Gasteiger partial charge in [0, 0.05) is 11.2 Å². The van der Waals surface area contributed by atoms with Crippen LogP contribution in [0.25, 0.3) is 0 Å². The number of rotatable bonds is 2. The lowest BCUT2D eigenvalue weighted by Gasteiger charge is -2.34. The van der Waals surface area contributed by atoms with Crippen LogP contribution in [-0.4, -0.2) is 5.54 Å². The highest BCUT2D eigenvalue weighted by Gasteiger charge is 2.30. The first-order valence-electron chi connectivity index (χ1n) is 4.57. The Kier molecular flexibility index (Phi) is 2.58. The second kappa shape index (κ2) is 3.31. The smallest absolute Gasteiger partial charge is 0.0422 e. The highest BCUT2D eigenvalue weighted by atomic mass is 14.8. The van der Waals surface area contributed by atoms with Crippen LogP contribution in [0, 0.1) is 5.92 Å². The first kappa shape index (κ1) is 9.33. The quantitative estimate of drug-likeness (QED) is 0.653. The molecule has 2 atom stereocenters. The largest absolute Gasteiger partial charge is 0.399 e. The molecule has 0 aliphatic heterocycles. The Morgan fingerprint density at radius 3 is 2.67 bits per heavy atom. The normalized spacial score (nSPS) is 34.9. The van der Waals surface area contributed by atoms with E-state index in [9.17, 15) is 0 Å². The van der Waals surface area contributed by atoms with E-state index in [0.717, 1.165) is 18.5 Å². The van der Waals surface area contributed by atoms with Crippen molar-refractivity contribution >= 4 is 0 Å². The zero-order valence-electron chi connectivity index (χ0n) is 7.88. The Morgan fingerprint density at radius 2 is 2.17 bits per heavy atom. The van der Waals surface area contributed by atoms with Gasteiger partial charge in [-0.3, -0.25) is 0 Å². The molecule has 0 saturated heterocycles. The Bertz CT molecular complexity index is 218. The summed E-state index contributed by atoms with van der Waals surface area (Å²) in [5.41, 5.74) is 12.5. The van der Waals surface area contributed by atoms with Crippen LogP contribution in [0.5, 0.6) is 0 Å². The minimum absolute atomic E-state index is 0.215. The molecule has 0 radical (unpaired) electrons. The van der Waals surface area contributed by atoms with Gasteiger partial charge in [0.2, 0.25) is 0 Å². The number of nitrogens with two attached hydrogens (primary N) is 2. The van der Waals surface area contributed by atoms with Gasteiger partial charge in [0.15, 0.2) is 0 Å². The van der Waals surface area contributed by atoms with Crippen molar-refractivity contribution in [3.05, 3.63) is 23.9 Å². The van der Waals surface area contributed by atoms with Gasteiger partial charge in [-0.25, -0.2) is 0 Å². The molecule has 2 unspecified atom stereocenters. The van der Waals surface area contributed by atoms with E-state index >= 15 is 0 Å². The molecule has 0 aromatic rings. The van der Waals surface area contributed by atoms with E-state index in [2.05, 4.69) is 19.9 Å². The minimum atomic E-state index is -0.215. The molecule has 2 heteroatoms. The second-order valence-electron chi connectivity index (χ2n) is 3.48. The van der Waals surface area contributed by atoms with Crippen molar-refractivity contribution < 1.29 is 0 Å². The van der Waals surface area contributed by atoms with Gasteiger partial charge in [0.1, 0.15) is 0 Å². The van der Waals surface area contributed by atoms with E-state index in [1.165, 1.54) is 0 Å². The van der Waals surface area contributed by atoms with Crippen LogP contribution < -0.4 is 11.5 Å². The van der Waals surface area contributed by atoms with Crippen LogP contribution in [0.15, 0.2) is 23.9 Å². The molecule has 0 saturated carbocycles. The molecular formula is C10H18N2. The molecule has 68 valence electrons. The van der Waals surface area contributed by atoms with E-state index in [1.54, 1.807) is 0 Å². The number of hydrogen-bond donors (Lipinski definition) is 2. The van der Waals surface area contributed by atoms with Gasteiger partial charge in [-0.15, -0.1) is 0 Å². The zero-order chi connectivity index (χ0) is 9.19. The van der Waals surface area contributed by atoms with Gasteiger partial charge in [0.25, 0.3) is 0 Å². The Labute approximate surface area is 74.3 Å². The average molecular weight is 166 g/mol. The van der Waals surface area contributed by atoms with Crippen molar-refractivity contribution in [3.63, 3.8) is 0 Å². The second-order valence-corrected chi connectivity index (χ2v) is 3.48. The van der Waals surface area contributed by atoms with E-state index in [1.807, 2.05) is 12.2 Å². The maximum absolute atomic E-state index is 6.20. The summed E-state index contributed by atoms with van der Waals surface area (Å²) in [6.45, 7) is 4.26. The van der Waals surface area contributed by atoms with Crippen LogP contribution in [-0.2, 0) is 0 Å². The molecule has 2 nitrogen and oxygen atoms in total. The summed E-state index contributed by atoms with van der Waals surface area (Å²) in [5, 5.41) is 0. The first-order valence-corrected chi connectivity index (χ1v) is 4.57. The summed E-state index contributed by atoms with van der Waals surface area (Å²) < 4.78 is 0. The van der Waals surface area contributed by atoms with Crippen molar-refractivity contribution in [1.29, 1.82) is 0 Å². The van der Waals surface area contributed by atoms with Gasteiger partial charge in [-0.2, -0.15) is 0 Å². The molecule has 1 aliphatic carbocycles. The predicted octanol–water partition coefficient (Wildman–Crippen LogP) is 1.53. The minimum Gasteiger partial charge on any atom is -0.399 e. The average Bonchev–Trinajstić information content (AvgIpc) is 2.05. The monoisotopic (exact) mass is 166 g/mol. The lowest BCUT2D eigenvalue weighted by molar-refractivity contribution is 0.367. The van der Waals surface area contributed by atoms with Crippen molar-refractivity contribution in [2.75, 3.05) is 0 Å². The van der Waals surface area contributed by atoms with Gasteiger partial charge in [-0.1, -0.05) is 19.9 Å². The lowest BCUT2D eigenvalue weighted by atomic mass is 9.77. The molecule has 0 spiro atoms. The fraction of sp³-hybridized carbons (Fsp3) is 0.600. The Morgan fingerprint density at radius 1 is 1.50 bits per heavy atom. The number of allylic oxidation sites excluding steroid dienone is 1. The topological polar surface area (TPSA) is 52.0 Å². The third-order valence-electron chi connectivity index (χ3n) is 2.70. The van der Waals surface area contributed by atoms with Crippen molar-refractivity contribution in [3.8, 4) is 0 Å². The van der Waals surface area contributed by atoms with E-state index < -0.39 is 0 Å². The molecule has 4 N–H and O–H groups in total. The van der Waals surface area contributed by atoms with Crippen molar-refractivity contribution in [1.82, 2.24) is 0 Å². The third kappa shape index (κ3) is 1.53. The zero-order valence-corrected chi connectivity index (χ0v) is 7.88.